The Morgan fingerprint density at radius 2 is 1.69 bits per heavy atom. The van der Waals surface area contributed by atoms with E-state index in [-0.39, 0.29) is 0 Å². The average molecular weight is 384 g/mol. The summed E-state index contributed by atoms with van der Waals surface area (Å²) >= 11 is 6.04. The van der Waals surface area contributed by atoms with E-state index in [2.05, 4.69) is 4.90 Å². The second-order valence-electron chi connectivity index (χ2n) is 6.04. The van der Waals surface area contributed by atoms with Crippen LogP contribution < -0.4 is 4.90 Å². The van der Waals surface area contributed by atoms with Crippen LogP contribution in [-0.4, -0.2) is 88.3 Å². The maximum absolute atomic E-state index is 12.6. The number of hydrogen-bond acceptors (Lipinski definition) is 5. The lowest BCUT2D eigenvalue weighted by molar-refractivity contribution is -0.152. The number of halogens is 1. The van der Waals surface area contributed by atoms with Crippen molar-refractivity contribution in [2.75, 3.05) is 71.6 Å². The van der Waals surface area contributed by atoms with E-state index in [1.165, 1.54) is 4.90 Å². The Morgan fingerprint density at radius 1 is 1.08 bits per heavy atom. The number of benzene rings is 1. The van der Waals surface area contributed by atoms with Gasteiger partial charge in [0.05, 0.1) is 13.2 Å². The first-order valence-corrected chi connectivity index (χ1v) is 9.01. The quantitative estimate of drug-likeness (QED) is 0.660. The predicted octanol–water partition coefficient (Wildman–Crippen LogP) is 1.11. The molecule has 0 bridgehead atoms. The van der Waals surface area contributed by atoms with Gasteiger partial charge in [-0.25, -0.2) is 0 Å². The molecule has 7 nitrogen and oxygen atoms in total. The lowest BCUT2D eigenvalue weighted by Gasteiger charge is -2.36. The second kappa shape index (κ2) is 10.4. The molecule has 1 aliphatic heterocycles. The van der Waals surface area contributed by atoms with Crippen LogP contribution in [0.2, 0.25) is 5.02 Å². The largest absolute Gasteiger partial charge is 0.383 e. The summed E-state index contributed by atoms with van der Waals surface area (Å²) in [7, 11) is 3.13. The molecular formula is C18H26ClN3O4. The van der Waals surface area contributed by atoms with Gasteiger partial charge in [-0.3, -0.25) is 9.59 Å². The number of rotatable bonds is 7. The Balaban J connectivity index is 1.92. The molecule has 0 aliphatic carbocycles. The lowest BCUT2D eigenvalue weighted by Crippen LogP contribution is -2.54. The topological polar surface area (TPSA) is 62.3 Å². The van der Waals surface area contributed by atoms with Gasteiger partial charge >= 0.3 is 11.8 Å². The summed E-state index contributed by atoms with van der Waals surface area (Å²) in [5, 5.41) is 0.683. The molecule has 0 unspecified atom stereocenters. The van der Waals surface area contributed by atoms with Crippen LogP contribution in [0.4, 0.5) is 5.69 Å². The Hall–Kier alpha value is -1.83. The van der Waals surface area contributed by atoms with E-state index in [0.717, 1.165) is 5.69 Å². The molecule has 144 valence electrons. The number of ether oxygens (including phenoxy) is 2. The van der Waals surface area contributed by atoms with Crippen LogP contribution in [0.25, 0.3) is 0 Å². The fraction of sp³-hybridized carbons (Fsp3) is 0.556. The van der Waals surface area contributed by atoms with E-state index in [0.29, 0.717) is 57.5 Å². The summed E-state index contributed by atoms with van der Waals surface area (Å²) in [6.07, 6.45) is 0. The Bertz CT molecular complexity index is 598. The zero-order valence-electron chi connectivity index (χ0n) is 15.3. The van der Waals surface area contributed by atoms with Gasteiger partial charge < -0.3 is 24.2 Å². The summed E-state index contributed by atoms with van der Waals surface area (Å²) in [4.78, 5) is 30.4. The van der Waals surface area contributed by atoms with Crippen molar-refractivity contribution < 1.29 is 19.1 Å². The molecule has 0 aromatic heterocycles. The fourth-order valence-corrected chi connectivity index (χ4v) is 3.01. The van der Waals surface area contributed by atoms with Gasteiger partial charge in [-0.05, 0) is 18.2 Å². The Morgan fingerprint density at radius 3 is 2.23 bits per heavy atom. The highest BCUT2D eigenvalue weighted by molar-refractivity contribution is 6.35. The number of piperazine rings is 1. The van der Waals surface area contributed by atoms with Crippen LogP contribution in [0.3, 0.4) is 0 Å². The van der Waals surface area contributed by atoms with Gasteiger partial charge in [-0.1, -0.05) is 17.7 Å². The molecule has 0 N–H and O–H groups in total. The average Bonchev–Trinajstić information content (AvgIpc) is 2.67. The molecule has 1 aromatic carbocycles. The summed E-state index contributed by atoms with van der Waals surface area (Å²) in [5.74, 6) is -0.974. The number of amides is 2. The van der Waals surface area contributed by atoms with Crippen molar-refractivity contribution in [3.63, 3.8) is 0 Å². The highest BCUT2D eigenvalue weighted by Gasteiger charge is 2.29. The van der Waals surface area contributed by atoms with Gasteiger partial charge in [0.15, 0.2) is 0 Å². The van der Waals surface area contributed by atoms with E-state index >= 15 is 0 Å². The highest BCUT2D eigenvalue weighted by Crippen LogP contribution is 2.20. The first-order chi connectivity index (χ1) is 12.6. The van der Waals surface area contributed by atoms with Gasteiger partial charge in [-0.2, -0.15) is 0 Å². The maximum Gasteiger partial charge on any atom is 0.312 e. The second-order valence-corrected chi connectivity index (χ2v) is 6.47. The van der Waals surface area contributed by atoms with Crippen molar-refractivity contribution in [1.29, 1.82) is 0 Å². The third-order valence-corrected chi connectivity index (χ3v) is 4.58. The molecule has 0 saturated carbocycles. The smallest absolute Gasteiger partial charge is 0.312 e. The number of carbonyl (C=O) groups is 2. The third kappa shape index (κ3) is 5.59. The number of nitrogens with zero attached hydrogens (tertiary/aromatic N) is 3. The molecular weight excluding hydrogens is 358 g/mol. The van der Waals surface area contributed by atoms with Gasteiger partial charge in [0, 0.05) is 64.2 Å². The standard InChI is InChI=1S/C18H26ClN3O4/c1-25-12-10-22(11-13-26-2)18(24)17(23)21-8-6-20(7-9-21)16-5-3-4-15(19)14-16/h3-5,14H,6-13H2,1-2H3. The van der Waals surface area contributed by atoms with Crippen molar-refractivity contribution in [1.82, 2.24) is 9.80 Å². The Labute approximate surface area is 159 Å². The van der Waals surface area contributed by atoms with Crippen LogP contribution in [0.15, 0.2) is 24.3 Å². The monoisotopic (exact) mass is 383 g/mol. The molecule has 0 spiro atoms. The van der Waals surface area contributed by atoms with Crippen molar-refractivity contribution in [3.05, 3.63) is 29.3 Å². The van der Waals surface area contributed by atoms with Crippen LogP contribution in [0, 0.1) is 0 Å². The lowest BCUT2D eigenvalue weighted by atomic mass is 10.2. The number of carbonyl (C=O) groups excluding carboxylic acids is 2. The van der Waals surface area contributed by atoms with Crippen molar-refractivity contribution >= 4 is 29.1 Å². The van der Waals surface area contributed by atoms with E-state index < -0.39 is 11.8 Å². The SMILES string of the molecule is COCCN(CCOC)C(=O)C(=O)N1CCN(c2cccc(Cl)c2)CC1. The first-order valence-electron chi connectivity index (χ1n) is 8.63. The van der Waals surface area contributed by atoms with Gasteiger partial charge in [0.25, 0.3) is 0 Å². The molecule has 2 amide bonds. The minimum absolute atomic E-state index is 0.368. The first kappa shape index (κ1) is 20.5. The maximum atomic E-state index is 12.6. The summed E-state index contributed by atoms with van der Waals surface area (Å²) < 4.78 is 10.0. The minimum Gasteiger partial charge on any atom is -0.383 e. The molecule has 1 aliphatic rings. The van der Waals surface area contributed by atoms with Gasteiger partial charge in [0.1, 0.15) is 0 Å². The summed E-state index contributed by atoms with van der Waals surface area (Å²) in [5.41, 5.74) is 1.03. The summed E-state index contributed by atoms with van der Waals surface area (Å²) in [6, 6.07) is 7.63. The van der Waals surface area contributed by atoms with Crippen LogP contribution in [0.5, 0.6) is 0 Å². The third-order valence-electron chi connectivity index (χ3n) is 4.34. The molecule has 1 heterocycles. The number of anilines is 1. The molecule has 1 saturated heterocycles. The molecule has 8 heteroatoms. The fourth-order valence-electron chi connectivity index (χ4n) is 2.83. The Kier molecular flexibility index (Phi) is 8.15. The molecule has 0 radical (unpaired) electrons. The van der Waals surface area contributed by atoms with Crippen molar-refractivity contribution in [3.8, 4) is 0 Å². The van der Waals surface area contributed by atoms with Crippen LogP contribution in [-0.2, 0) is 19.1 Å². The number of methoxy groups -OCH3 is 2. The molecule has 2 rings (SSSR count). The molecule has 1 aromatic rings. The van der Waals surface area contributed by atoms with Crippen molar-refractivity contribution in [2.45, 2.75) is 0 Å². The van der Waals surface area contributed by atoms with Crippen LogP contribution in [0.1, 0.15) is 0 Å². The zero-order chi connectivity index (χ0) is 18.9. The zero-order valence-corrected chi connectivity index (χ0v) is 16.1. The number of hydrogen-bond donors (Lipinski definition) is 0. The van der Waals surface area contributed by atoms with E-state index in [1.54, 1.807) is 19.1 Å². The molecule has 26 heavy (non-hydrogen) atoms. The van der Waals surface area contributed by atoms with E-state index in [4.69, 9.17) is 21.1 Å². The minimum atomic E-state index is -0.504. The summed E-state index contributed by atoms with van der Waals surface area (Å²) in [6.45, 7) is 3.82. The van der Waals surface area contributed by atoms with Gasteiger partial charge in [0.2, 0.25) is 0 Å². The van der Waals surface area contributed by atoms with Gasteiger partial charge in [-0.15, -0.1) is 0 Å². The predicted molar refractivity (Wildman–Crippen MR) is 101 cm³/mol. The van der Waals surface area contributed by atoms with Crippen molar-refractivity contribution in [2.24, 2.45) is 0 Å². The normalized spacial score (nSPS) is 14.4. The molecule has 0 atom stereocenters. The van der Waals surface area contributed by atoms with E-state index in [1.807, 2.05) is 24.3 Å². The van der Waals surface area contributed by atoms with Crippen LogP contribution >= 0.6 is 11.6 Å². The molecule has 1 fully saturated rings. The van der Waals surface area contributed by atoms with E-state index in [9.17, 15) is 9.59 Å². The highest BCUT2D eigenvalue weighted by atomic mass is 35.5.